The van der Waals surface area contributed by atoms with Gasteiger partial charge in [-0.2, -0.15) is 4.98 Å². The van der Waals surface area contributed by atoms with E-state index in [0.717, 1.165) is 18.4 Å². The van der Waals surface area contributed by atoms with Gasteiger partial charge in [0.1, 0.15) is 0 Å². The lowest BCUT2D eigenvalue weighted by molar-refractivity contribution is -0.121. The van der Waals surface area contributed by atoms with Gasteiger partial charge < -0.3 is 14.7 Å². The first-order chi connectivity index (χ1) is 16.5. The lowest BCUT2D eigenvalue weighted by atomic mass is 9.95. The van der Waals surface area contributed by atoms with Crippen molar-refractivity contribution < 1.29 is 18.9 Å². The average Bonchev–Trinajstić information content (AvgIpc) is 3.60. The fourth-order valence-corrected chi connectivity index (χ4v) is 4.17. The van der Waals surface area contributed by atoms with Gasteiger partial charge in [0.25, 0.3) is 5.91 Å². The number of rotatable bonds is 6. The Hall–Kier alpha value is -3.81. The summed E-state index contributed by atoms with van der Waals surface area (Å²) in [5.41, 5.74) is 2.69. The molecule has 0 radical (unpaired) electrons. The highest BCUT2D eigenvalue weighted by Crippen LogP contribution is 2.39. The highest BCUT2D eigenvalue weighted by molar-refractivity contribution is 5.97. The number of nitrogens with zero attached hydrogens (tertiary/aromatic N) is 3. The van der Waals surface area contributed by atoms with E-state index < -0.39 is 0 Å². The average molecular weight is 459 g/mol. The molecule has 2 heterocycles. The van der Waals surface area contributed by atoms with E-state index in [4.69, 9.17) is 4.52 Å². The molecule has 0 bridgehead atoms. The zero-order valence-electron chi connectivity index (χ0n) is 19.0. The van der Waals surface area contributed by atoms with Gasteiger partial charge in [-0.1, -0.05) is 17.3 Å². The highest BCUT2D eigenvalue weighted by atomic mass is 16.5. The second-order valence-electron chi connectivity index (χ2n) is 9.00. The molecule has 0 unspecified atom stereocenters. The van der Waals surface area contributed by atoms with E-state index in [9.17, 15) is 14.4 Å². The second kappa shape index (κ2) is 9.21. The summed E-state index contributed by atoms with van der Waals surface area (Å²) in [5.74, 6) is 1.37. The van der Waals surface area contributed by atoms with Gasteiger partial charge in [0, 0.05) is 47.3 Å². The van der Waals surface area contributed by atoms with Crippen molar-refractivity contribution in [3.8, 4) is 11.4 Å². The quantitative estimate of drug-likeness (QED) is 0.552. The number of amides is 2. The largest absolute Gasteiger partial charge is 0.339 e. The zero-order valence-corrected chi connectivity index (χ0v) is 19.0. The number of hydrogen-bond acceptors (Lipinski definition) is 6. The van der Waals surface area contributed by atoms with Crippen LogP contribution in [-0.2, 0) is 4.79 Å². The number of piperidine rings is 1. The number of anilines is 1. The first-order valence-electron chi connectivity index (χ1n) is 11.6. The molecular formula is C26H26N4O4. The number of hydrogen-bond donors (Lipinski definition) is 1. The number of nitrogens with one attached hydrogen (secondary N) is 1. The Bertz CT molecular complexity index is 1200. The predicted molar refractivity (Wildman–Crippen MR) is 125 cm³/mol. The van der Waals surface area contributed by atoms with Crippen LogP contribution in [0.5, 0.6) is 0 Å². The molecule has 2 amide bonds. The van der Waals surface area contributed by atoms with E-state index in [2.05, 4.69) is 15.5 Å². The van der Waals surface area contributed by atoms with Crippen molar-refractivity contribution in [3.05, 3.63) is 65.5 Å². The summed E-state index contributed by atoms with van der Waals surface area (Å²) in [7, 11) is 0. The van der Waals surface area contributed by atoms with Crippen LogP contribution >= 0.6 is 0 Å². The molecule has 2 aliphatic rings. The molecule has 3 aromatic rings. The molecule has 8 nitrogen and oxygen atoms in total. The SMILES string of the molecule is CC(=O)c1ccc(NC(=O)C2CCN(C(=O)c3ccc(-c4noc(C5CC5)n4)cc3)CC2)cc1. The van der Waals surface area contributed by atoms with Crippen molar-refractivity contribution >= 4 is 23.3 Å². The molecule has 8 heteroatoms. The summed E-state index contributed by atoms with van der Waals surface area (Å²) in [6, 6.07) is 14.1. The molecule has 1 saturated carbocycles. The van der Waals surface area contributed by atoms with Crippen molar-refractivity contribution in [2.24, 2.45) is 5.92 Å². The number of carbonyl (C=O) groups is 3. The summed E-state index contributed by atoms with van der Waals surface area (Å²) in [6.45, 7) is 2.56. The van der Waals surface area contributed by atoms with Crippen LogP contribution in [0.15, 0.2) is 53.1 Å². The van der Waals surface area contributed by atoms with Gasteiger partial charge in [0.05, 0.1) is 0 Å². The van der Waals surface area contributed by atoms with E-state index in [1.165, 1.54) is 6.92 Å². The zero-order chi connectivity index (χ0) is 23.7. The summed E-state index contributed by atoms with van der Waals surface area (Å²) in [6.07, 6.45) is 3.41. The van der Waals surface area contributed by atoms with Gasteiger partial charge in [-0.15, -0.1) is 0 Å². The van der Waals surface area contributed by atoms with Gasteiger partial charge >= 0.3 is 0 Å². The number of Topliss-reactive ketones (excluding diaryl/α,β-unsaturated/α-hetero) is 1. The number of carbonyl (C=O) groups excluding carboxylic acids is 3. The summed E-state index contributed by atoms with van der Waals surface area (Å²) >= 11 is 0. The minimum atomic E-state index is -0.155. The fraction of sp³-hybridized carbons (Fsp3) is 0.346. The standard InChI is InChI=1S/C26H26N4O4/c1-16(31)17-8-10-22(11-9-17)27-24(32)19-12-14-30(15-13-19)26(33)21-6-2-18(3-7-21)23-28-25(34-29-23)20-4-5-20/h2-3,6-11,19-20H,4-5,12-15H2,1H3,(H,27,32). The number of aromatic nitrogens is 2. The van der Waals surface area contributed by atoms with Crippen LogP contribution in [-0.4, -0.2) is 45.7 Å². The number of benzene rings is 2. The normalized spacial score (nSPS) is 16.3. The number of ketones is 1. The Labute approximate surface area is 197 Å². The van der Waals surface area contributed by atoms with Crippen LogP contribution in [0.3, 0.4) is 0 Å². The van der Waals surface area contributed by atoms with Crippen LogP contribution in [0.2, 0.25) is 0 Å². The Morgan fingerprint density at radius 2 is 1.56 bits per heavy atom. The van der Waals surface area contributed by atoms with Crippen LogP contribution in [0.25, 0.3) is 11.4 Å². The molecule has 2 fully saturated rings. The summed E-state index contributed by atoms with van der Waals surface area (Å²) in [5, 5.41) is 6.96. The van der Waals surface area contributed by atoms with Gasteiger partial charge in [-0.3, -0.25) is 14.4 Å². The Morgan fingerprint density at radius 3 is 2.18 bits per heavy atom. The maximum atomic E-state index is 13.0. The second-order valence-corrected chi connectivity index (χ2v) is 9.00. The van der Waals surface area contributed by atoms with Crippen LogP contribution in [0.1, 0.15) is 65.1 Å². The van der Waals surface area contributed by atoms with Gasteiger partial charge in [-0.05, 0) is 69.0 Å². The topological polar surface area (TPSA) is 105 Å². The summed E-state index contributed by atoms with van der Waals surface area (Å²) in [4.78, 5) is 43.2. The molecular weight excluding hydrogens is 432 g/mol. The molecule has 1 aromatic heterocycles. The molecule has 5 rings (SSSR count). The molecule has 0 spiro atoms. The molecule has 1 aliphatic heterocycles. The van der Waals surface area contributed by atoms with E-state index in [-0.39, 0.29) is 23.5 Å². The van der Waals surface area contributed by atoms with Crippen molar-refractivity contribution in [2.45, 2.75) is 38.5 Å². The fourth-order valence-electron chi connectivity index (χ4n) is 4.17. The monoisotopic (exact) mass is 458 g/mol. The Morgan fingerprint density at radius 1 is 0.912 bits per heavy atom. The van der Waals surface area contributed by atoms with Crippen LogP contribution in [0.4, 0.5) is 5.69 Å². The molecule has 174 valence electrons. The minimum Gasteiger partial charge on any atom is -0.339 e. The van der Waals surface area contributed by atoms with E-state index in [1.54, 1.807) is 41.3 Å². The predicted octanol–water partition coefficient (Wildman–Crippen LogP) is 4.31. The Balaban J connectivity index is 1.14. The van der Waals surface area contributed by atoms with E-state index in [0.29, 0.717) is 60.4 Å². The van der Waals surface area contributed by atoms with E-state index >= 15 is 0 Å². The van der Waals surface area contributed by atoms with Crippen LogP contribution < -0.4 is 5.32 Å². The molecule has 1 aliphatic carbocycles. The third-order valence-electron chi connectivity index (χ3n) is 6.47. The molecule has 1 N–H and O–H groups in total. The van der Waals surface area contributed by atoms with Crippen molar-refractivity contribution in [1.29, 1.82) is 0 Å². The van der Waals surface area contributed by atoms with Gasteiger partial charge in [0.2, 0.25) is 17.6 Å². The van der Waals surface area contributed by atoms with Gasteiger partial charge in [0.15, 0.2) is 5.78 Å². The maximum Gasteiger partial charge on any atom is 0.253 e. The Kier molecular flexibility index (Phi) is 5.96. The molecule has 0 atom stereocenters. The maximum absolute atomic E-state index is 13.0. The third-order valence-corrected chi connectivity index (χ3v) is 6.47. The first-order valence-corrected chi connectivity index (χ1v) is 11.6. The number of likely N-dealkylation sites (tertiary alicyclic amines) is 1. The first kappa shape index (κ1) is 22.0. The van der Waals surface area contributed by atoms with E-state index in [1.807, 2.05) is 12.1 Å². The van der Waals surface area contributed by atoms with Crippen molar-refractivity contribution in [2.75, 3.05) is 18.4 Å². The third kappa shape index (κ3) is 4.76. The van der Waals surface area contributed by atoms with Crippen molar-refractivity contribution in [3.63, 3.8) is 0 Å². The van der Waals surface area contributed by atoms with Crippen LogP contribution in [0, 0.1) is 5.92 Å². The van der Waals surface area contributed by atoms with Crippen molar-refractivity contribution in [1.82, 2.24) is 15.0 Å². The molecule has 34 heavy (non-hydrogen) atoms. The highest BCUT2D eigenvalue weighted by Gasteiger charge is 2.30. The lowest BCUT2D eigenvalue weighted by Crippen LogP contribution is -2.41. The molecule has 2 aromatic carbocycles. The lowest BCUT2D eigenvalue weighted by Gasteiger charge is -2.31. The molecule has 1 saturated heterocycles. The minimum absolute atomic E-state index is 0.0120. The smallest absolute Gasteiger partial charge is 0.253 e. The summed E-state index contributed by atoms with van der Waals surface area (Å²) < 4.78 is 5.31. The van der Waals surface area contributed by atoms with Gasteiger partial charge in [-0.25, -0.2) is 0 Å².